The van der Waals surface area contributed by atoms with Gasteiger partial charge in [-0.3, -0.25) is 4.79 Å². The number of hydrogen-bond acceptors (Lipinski definition) is 3. The zero-order valence-electron chi connectivity index (χ0n) is 11.5. The molecule has 2 aliphatic rings. The first-order chi connectivity index (χ1) is 9.74. The van der Waals surface area contributed by atoms with Crippen LogP contribution < -0.4 is 10.1 Å². The standard InChI is InChI=1S/C16H21NO3/c18-15-12(10-17-16(19)11-6-7-11)8-9-14(15)20-13-4-2-1-3-5-13/h1-5,11-12,14-15,18H,6-10H2,(H,17,19)/t12-,14-,15-/m1/s1. The molecule has 2 saturated carbocycles. The van der Waals surface area contributed by atoms with E-state index in [1.807, 2.05) is 30.3 Å². The highest BCUT2D eigenvalue weighted by atomic mass is 16.5. The predicted molar refractivity (Wildman–Crippen MR) is 75.3 cm³/mol. The van der Waals surface area contributed by atoms with Gasteiger partial charge < -0.3 is 15.2 Å². The minimum absolute atomic E-state index is 0.103. The summed E-state index contributed by atoms with van der Waals surface area (Å²) in [4.78, 5) is 11.6. The van der Waals surface area contributed by atoms with Crippen molar-refractivity contribution < 1.29 is 14.6 Å². The van der Waals surface area contributed by atoms with Gasteiger partial charge in [0.1, 0.15) is 11.9 Å². The summed E-state index contributed by atoms with van der Waals surface area (Å²) in [6, 6.07) is 9.58. The van der Waals surface area contributed by atoms with Gasteiger partial charge in [0.2, 0.25) is 5.91 Å². The van der Waals surface area contributed by atoms with Crippen LogP contribution in [-0.2, 0) is 4.79 Å². The third kappa shape index (κ3) is 3.12. The third-order valence-corrected chi connectivity index (χ3v) is 4.20. The van der Waals surface area contributed by atoms with Gasteiger partial charge in [-0.1, -0.05) is 18.2 Å². The van der Waals surface area contributed by atoms with Crippen LogP contribution in [0, 0.1) is 11.8 Å². The Balaban J connectivity index is 1.48. The van der Waals surface area contributed by atoms with Gasteiger partial charge in [0.25, 0.3) is 0 Å². The molecule has 4 nitrogen and oxygen atoms in total. The van der Waals surface area contributed by atoms with Crippen molar-refractivity contribution in [2.45, 2.75) is 37.9 Å². The normalized spacial score (nSPS) is 29.1. The highest BCUT2D eigenvalue weighted by Crippen LogP contribution is 2.31. The van der Waals surface area contributed by atoms with Crippen LogP contribution in [0.2, 0.25) is 0 Å². The van der Waals surface area contributed by atoms with E-state index >= 15 is 0 Å². The first-order valence-corrected chi connectivity index (χ1v) is 7.41. The highest BCUT2D eigenvalue weighted by Gasteiger charge is 2.37. The van der Waals surface area contributed by atoms with Crippen molar-refractivity contribution in [3.05, 3.63) is 30.3 Å². The average molecular weight is 275 g/mol. The van der Waals surface area contributed by atoms with Gasteiger partial charge in [-0.25, -0.2) is 0 Å². The van der Waals surface area contributed by atoms with Crippen LogP contribution in [0.25, 0.3) is 0 Å². The zero-order chi connectivity index (χ0) is 13.9. The number of aliphatic hydroxyl groups excluding tert-OH is 1. The van der Waals surface area contributed by atoms with Crippen LogP contribution in [-0.4, -0.2) is 29.8 Å². The molecule has 3 rings (SSSR count). The van der Waals surface area contributed by atoms with Crippen molar-refractivity contribution in [3.63, 3.8) is 0 Å². The summed E-state index contributed by atoms with van der Waals surface area (Å²) < 4.78 is 5.82. The van der Waals surface area contributed by atoms with Crippen molar-refractivity contribution >= 4 is 5.91 Å². The first kappa shape index (κ1) is 13.4. The van der Waals surface area contributed by atoms with Gasteiger partial charge >= 0.3 is 0 Å². The molecule has 2 N–H and O–H groups in total. The fraction of sp³-hybridized carbons (Fsp3) is 0.562. The van der Waals surface area contributed by atoms with E-state index in [1.165, 1.54) is 0 Å². The van der Waals surface area contributed by atoms with Crippen molar-refractivity contribution in [1.29, 1.82) is 0 Å². The Morgan fingerprint density at radius 2 is 1.95 bits per heavy atom. The smallest absolute Gasteiger partial charge is 0.223 e. The van der Waals surface area contributed by atoms with Crippen LogP contribution >= 0.6 is 0 Å². The Hall–Kier alpha value is -1.55. The lowest BCUT2D eigenvalue weighted by Gasteiger charge is -2.21. The van der Waals surface area contributed by atoms with Crippen LogP contribution in [0.1, 0.15) is 25.7 Å². The molecule has 2 fully saturated rings. The number of carbonyl (C=O) groups excluding carboxylic acids is 1. The zero-order valence-corrected chi connectivity index (χ0v) is 11.5. The summed E-state index contributed by atoms with van der Waals surface area (Å²) in [7, 11) is 0. The molecule has 0 spiro atoms. The number of aliphatic hydroxyl groups is 1. The maximum Gasteiger partial charge on any atom is 0.223 e. The Morgan fingerprint density at radius 3 is 2.65 bits per heavy atom. The predicted octanol–water partition coefficient (Wildman–Crippen LogP) is 1.73. The molecule has 0 aliphatic heterocycles. The van der Waals surface area contributed by atoms with Gasteiger partial charge in [0, 0.05) is 18.4 Å². The van der Waals surface area contributed by atoms with Crippen LogP contribution in [0.3, 0.4) is 0 Å². The molecular weight excluding hydrogens is 254 g/mol. The molecule has 2 aliphatic carbocycles. The summed E-state index contributed by atoms with van der Waals surface area (Å²) in [6.07, 6.45) is 3.08. The number of ether oxygens (including phenoxy) is 1. The maximum atomic E-state index is 11.6. The summed E-state index contributed by atoms with van der Waals surface area (Å²) in [5.74, 6) is 1.26. The highest BCUT2D eigenvalue weighted by molar-refractivity contribution is 5.80. The number of amides is 1. The molecule has 0 saturated heterocycles. The Kier molecular flexibility index (Phi) is 3.92. The molecule has 108 valence electrons. The second-order valence-electron chi connectivity index (χ2n) is 5.82. The molecule has 1 aromatic carbocycles. The SMILES string of the molecule is O=C(NC[C@H]1CC[C@@H](Oc2ccccc2)[C@@H]1O)C1CC1. The van der Waals surface area contributed by atoms with E-state index < -0.39 is 6.10 Å². The topological polar surface area (TPSA) is 58.6 Å². The van der Waals surface area contributed by atoms with Crippen molar-refractivity contribution in [2.24, 2.45) is 11.8 Å². The molecule has 0 aromatic heterocycles. The van der Waals surface area contributed by atoms with Crippen molar-refractivity contribution in [1.82, 2.24) is 5.32 Å². The number of rotatable bonds is 5. The fourth-order valence-corrected chi connectivity index (χ4v) is 2.77. The number of carbonyl (C=O) groups is 1. The number of nitrogens with one attached hydrogen (secondary N) is 1. The quantitative estimate of drug-likeness (QED) is 0.860. The summed E-state index contributed by atoms with van der Waals surface area (Å²) in [5.41, 5.74) is 0. The lowest BCUT2D eigenvalue weighted by Crippen LogP contribution is -2.37. The van der Waals surface area contributed by atoms with E-state index in [9.17, 15) is 9.90 Å². The van der Waals surface area contributed by atoms with Crippen LogP contribution in [0.5, 0.6) is 5.75 Å². The Morgan fingerprint density at radius 1 is 1.20 bits per heavy atom. The Bertz CT molecular complexity index is 458. The first-order valence-electron chi connectivity index (χ1n) is 7.41. The third-order valence-electron chi connectivity index (χ3n) is 4.20. The number of hydrogen-bond donors (Lipinski definition) is 2. The summed E-state index contributed by atoms with van der Waals surface area (Å²) in [6.45, 7) is 0.561. The molecule has 3 atom stereocenters. The molecule has 0 radical (unpaired) electrons. The van der Waals surface area contributed by atoms with E-state index in [0.29, 0.717) is 6.54 Å². The largest absolute Gasteiger partial charge is 0.488 e. The van der Waals surface area contributed by atoms with Gasteiger partial charge in [-0.15, -0.1) is 0 Å². The minimum Gasteiger partial charge on any atom is -0.488 e. The molecule has 0 heterocycles. The van der Waals surface area contributed by atoms with Gasteiger partial charge in [0.15, 0.2) is 0 Å². The molecule has 4 heteroatoms. The van der Waals surface area contributed by atoms with E-state index in [0.717, 1.165) is 31.4 Å². The number of benzene rings is 1. The van der Waals surface area contributed by atoms with Gasteiger partial charge in [-0.2, -0.15) is 0 Å². The molecule has 0 unspecified atom stereocenters. The van der Waals surface area contributed by atoms with Crippen LogP contribution in [0.4, 0.5) is 0 Å². The average Bonchev–Trinajstić information content (AvgIpc) is 3.26. The molecular formula is C16H21NO3. The molecule has 0 bridgehead atoms. The van der Waals surface area contributed by atoms with E-state index in [4.69, 9.17) is 4.74 Å². The second-order valence-corrected chi connectivity index (χ2v) is 5.82. The Labute approximate surface area is 119 Å². The summed E-state index contributed by atoms with van der Waals surface area (Å²) >= 11 is 0. The van der Waals surface area contributed by atoms with E-state index in [-0.39, 0.29) is 23.8 Å². The van der Waals surface area contributed by atoms with Crippen molar-refractivity contribution in [3.8, 4) is 5.75 Å². The fourth-order valence-electron chi connectivity index (χ4n) is 2.77. The van der Waals surface area contributed by atoms with E-state index in [1.54, 1.807) is 0 Å². The van der Waals surface area contributed by atoms with Crippen LogP contribution in [0.15, 0.2) is 30.3 Å². The molecule has 1 amide bonds. The molecule has 20 heavy (non-hydrogen) atoms. The minimum atomic E-state index is -0.505. The lowest BCUT2D eigenvalue weighted by atomic mass is 10.1. The second kappa shape index (κ2) is 5.83. The van der Waals surface area contributed by atoms with Crippen molar-refractivity contribution in [2.75, 3.05) is 6.54 Å². The van der Waals surface area contributed by atoms with Gasteiger partial charge in [0.05, 0.1) is 6.10 Å². The lowest BCUT2D eigenvalue weighted by molar-refractivity contribution is -0.122. The number of para-hydroxylation sites is 1. The van der Waals surface area contributed by atoms with E-state index in [2.05, 4.69) is 5.32 Å². The maximum absolute atomic E-state index is 11.6. The summed E-state index contributed by atoms with van der Waals surface area (Å²) in [5, 5.41) is 13.2. The molecule has 1 aromatic rings. The monoisotopic (exact) mass is 275 g/mol. The van der Waals surface area contributed by atoms with Gasteiger partial charge in [-0.05, 0) is 37.8 Å².